The SMILES string of the molecule is CC(C)Cn1c(=O)n(C)c(=O)c2cn(CC3Cc4cccc5cccc3c45)cc21. The molecule has 148 valence electrons. The van der Waals surface area contributed by atoms with E-state index in [9.17, 15) is 9.59 Å². The van der Waals surface area contributed by atoms with Crippen molar-refractivity contribution in [3.05, 3.63) is 80.8 Å². The molecule has 2 heterocycles. The van der Waals surface area contributed by atoms with E-state index in [1.54, 1.807) is 11.6 Å². The molecule has 5 heteroatoms. The summed E-state index contributed by atoms with van der Waals surface area (Å²) in [5.74, 6) is 0.686. The Morgan fingerprint density at radius 3 is 2.59 bits per heavy atom. The maximum absolute atomic E-state index is 12.7. The maximum atomic E-state index is 12.7. The summed E-state index contributed by atoms with van der Waals surface area (Å²) in [7, 11) is 1.56. The number of hydrogen-bond acceptors (Lipinski definition) is 2. The number of hydrogen-bond donors (Lipinski definition) is 0. The predicted molar refractivity (Wildman–Crippen MR) is 117 cm³/mol. The van der Waals surface area contributed by atoms with Crippen LogP contribution < -0.4 is 11.2 Å². The van der Waals surface area contributed by atoms with Gasteiger partial charge in [0.1, 0.15) is 0 Å². The number of rotatable bonds is 4. The van der Waals surface area contributed by atoms with E-state index in [0.717, 1.165) is 18.5 Å². The highest BCUT2D eigenvalue weighted by Crippen LogP contribution is 2.39. The van der Waals surface area contributed by atoms with Gasteiger partial charge in [-0.15, -0.1) is 0 Å². The molecule has 1 unspecified atom stereocenters. The van der Waals surface area contributed by atoms with Gasteiger partial charge in [-0.05, 0) is 34.2 Å². The third-order valence-corrected chi connectivity index (χ3v) is 6.11. The quantitative estimate of drug-likeness (QED) is 0.537. The molecule has 0 N–H and O–H groups in total. The minimum absolute atomic E-state index is 0.222. The molecule has 5 rings (SSSR count). The van der Waals surface area contributed by atoms with Gasteiger partial charge in [-0.25, -0.2) is 4.79 Å². The van der Waals surface area contributed by atoms with Gasteiger partial charge in [0.05, 0.1) is 10.9 Å². The Balaban J connectivity index is 1.59. The summed E-state index contributed by atoms with van der Waals surface area (Å²) in [6.07, 6.45) is 4.89. The average Bonchev–Trinajstić information content (AvgIpc) is 3.27. The third kappa shape index (κ3) is 2.76. The van der Waals surface area contributed by atoms with Gasteiger partial charge in [-0.3, -0.25) is 13.9 Å². The van der Waals surface area contributed by atoms with Crippen molar-refractivity contribution in [1.82, 2.24) is 13.7 Å². The van der Waals surface area contributed by atoms with Gasteiger partial charge in [0.15, 0.2) is 0 Å². The van der Waals surface area contributed by atoms with Crippen molar-refractivity contribution < 1.29 is 0 Å². The largest absolute Gasteiger partial charge is 0.351 e. The van der Waals surface area contributed by atoms with Crippen molar-refractivity contribution in [3.8, 4) is 0 Å². The minimum atomic E-state index is -0.244. The first-order chi connectivity index (χ1) is 13.9. The molecular weight excluding hydrogens is 362 g/mol. The van der Waals surface area contributed by atoms with Crippen LogP contribution in [0.3, 0.4) is 0 Å². The fourth-order valence-corrected chi connectivity index (χ4v) is 4.83. The summed E-state index contributed by atoms with van der Waals surface area (Å²) in [6, 6.07) is 13.0. The molecule has 0 saturated carbocycles. The third-order valence-electron chi connectivity index (χ3n) is 6.11. The van der Waals surface area contributed by atoms with Crippen LogP contribution in [-0.4, -0.2) is 13.7 Å². The first-order valence-corrected chi connectivity index (χ1v) is 10.2. The predicted octanol–water partition coefficient (Wildman–Crippen LogP) is 3.65. The molecule has 2 aromatic carbocycles. The standard InChI is InChI=1S/C24H25N3O2/c1-15(2)11-27-21-14-26(13-20(21)23(28)25(3)24(27)29)12-18-10-17-8-4-6-16-7-5-9-19(18)22(16)17/h4-9,13-15,18H,10-12H2,1-3H3. The molecule has 0 aliphatic heterocycles. The Hall–Kier alpha value is -3.08. The van der Waals surface area contributed by atoms with Gasteiger partial charge in [0.25, 0.3) is 5.56 Å². The Kier molecular flexibility index (Phi) is 4.02. The summed E-state index contributed by atoms with van der Waals surface area (Å²) in [4.78, 5) is 25.4. The molecular formula is C24H25N3O2. The van der Waals surface area contributed by atoms with E-state index in [1.807, 2.05) is 12.4 Å². The van der Waals surface area contributed by atoms with Crippen LogP contribution in [0.2, 0.25) is 0 Å². The molecule has 1 aliphatic carbocycles. The molecule has 0 radical (unpaired) electrons. The summed E-state index contributed by atoms with van der Waals surface area (Å²) in [5, 5.41) is 3.28. The van der Waals surface area contributed by atoms with Crippen LogP contribution in [0.5, 0.6) is 0 Å². The number of nitrogens with zero attached hydrogens (tertiary/aromatic N) is 3. The molecule has 0 fully saturated rings. The molecule has 0 spiro atoms. The van der Waals surface area contributed by atoms with E-state index in [0.29, 0.717) is 23.8 Å². The molecule has 1 atom stereocenters. The van der Waals surface area contributed by atoms with E-state index >= 15 is 0 Å². The molecule has 0 saturated heterocycles. The lowest BCUT2D eigenvalue weighted by Gasteiger charge is -2.13. The molecule has 4 aromatic rings. The summed E-state index contributed by atoms with van der Waals surface area (Å²) < 4.78 is 5.06. The Morgan fingerprint density at radius 1 is 1.07 bits per heavy atom. The van der Waals surface area contributed by atoms with E-state index < -0.39 is 0 Å². The van der Waals surface area contributed by atoms with Crippen LogP contribution in [0.15, 0.2) is 58.4 Å². The van der Waals surface area contributed by atoms with Crippen molar-refractivity contribution in [2.24, 2.45) is 13.0 Å². The first-order valence-electron chi connectivity index (χ1n) is 10.2. The van der Waals surface area contributed by atoms with Crippen LogP contribution in [0.1, 0.15) is 30.9 Å². The summed E-state index contributed by atoms with van der Waals surface area (Å²) in [6.45, 7) is 5.55. The Labute approximate surface area is 168 Å². The Bertz CT molecular complexity index is 1370. The lowest BCUT2D eigenvalue weighted by atomic mass is 10.00. The maximum Gasteiger partial charge on any atom is 0.331 e. The van der Waals surface area contributed by atoms with E-state index in [4.69, 9.17) is 0 Å². The fraction of sp³-hybridized carbons (Fsp3) is 0.333. The summed E-state index contributed by atoms with van der Waals surface area (Å²) >= 11 is 0. The van der Waals surface area contributed by atoms with E-state index in [-0.39, 0.29) is 11.2 Å². The van der Waals surface area contributed by atoms with Crippen LogP contribution in [0.4, 0.5) is 0 Å². The van der Waals surface area contributed by atoms with Gasteiger partial charge in [-0.2, -0.15) is 0 Å². The van der Waals surface area contributed by atoms with E-state index in [2.05, 4.69) is 54.8 Å². The molecule has 5 nitrogen and oxygen atoms in total. The molecule has 2 aromatic heterocycles. The van der Waals surface area contributed by atoms with Crippen molar-refractivity contribution in [1.29, 1.82) is 0 Å². The number of benzene rings is 2. The highest BCUT2D eigenvalue weighted by Gasteiger charge is 2.25. The molecule has 0 amide bonds. The fourth-order valence-electron chi connectivity index (χ4n) is 4.83. The topological polar surface area (TPSA) is 48.9 Å². The molecule has 29 heavy (non-hydrogen) atoms. The van der Waals surface area contributed by atoms with Crippen molar-refractivity contribution in [2.75, 3.05) is 0 Å². The second kappa shape index (κ2) is 6.48. The van der Waals surface area contributed by atoms with Gasteiger partial charge in [0.2, 0.25) is 0 Å². The second-order valence-electron chi connectivity index (χ2n) is 8.67. The van der Waals surface area contributed by atoms with Crippen molar-refractivity contribution in [3.63, 3.8) is 0 Å². The van der Waals surface area contributed by atoms with Gasteiger partial charge in [0, 0.05) is 38.4 Å². The smallest absolute Gasteiger partial charge is 0.331 e. The zero-order chi connectivity index (χ0) is 20.3. The van der Waals surface area contributed by atoms with Crippen molar-refractivity contribution in [2.45, 2.75) is 39.3 Å². The zero-order valence-electron chi connectivity index (χ0n) is 17.1. The highest BCUT2D eigenvalue weighted by molar-refractivity contribution is 5.91. The number of aromatic nitrogens is 3. The average molecular weight is 387 g/mol. The van der Waals surface area contributed by atoms with Gasteiger partial charge >= 0.3 is 5.69 Å². The molecule has 0 bridgehead atoms. The minimum Gasteiger partial charge on any atom is -0.351 e. The van der Waals surface area contributed by atoms with E-state index in [1.165, 1.54) is 26.5 Å². The van der Waals surface area contributed by atoms with Gasteiger partial charge < -0.3 is 4.57 Å². The Morgan fingerprint density at radius 2 is 1.83 bits per heavy atom. The van der Waals surface area contributed by atoms with Crippen LogP contribution in [-0.2, 0) is 26.6 Å². The lowest BCUT2D eigenvalue weighted by molar-refractivity contribution is 0.502. The molecule has 1 aliphatic rings. The first kappa shape index (κ1) is 18.0. The highest BCUT2D eigenvalue weighted by atomic mass is 16.2. The number of fused-ring (bicyclic) bond motifs is 1. The lowest BCUT2D eigenvalue weighted by Crippen LogP contribution is -2.38. The van der Waals surface area contributed by atoms with Crippen LogP contribution >= 0.6 is 0 Å². The monoisotopic (exact) mass is 387 g/mol. The second-order valence-corrected chi connectivity index (χ2v) is 8.67. The van der Waals surface area contributed by atoms with Crippen LogP contribution in [0, 0.1) is 5.92 Å². The normalized spacial score (nSPS) is 15.8. The van der Waals surface area contributed by atoms with Crippen LogP contribution in [0.25, 0.3) is 21.7 Å². The zero-order valence-corrected chi connectivity index (χ0v) is 17.1. The van der Waals surface area contributed by atoms with Crippen molar-refractivity contribution >= 4 is 21.7 Å². The van der Waals surface area contributed by atoms with Gasteiger partial charge in [-0.1, -0.05) is 50.2 Å². The summed E-state index contributed by atoms with van der Waals surface area (Å²) in [5.41, 5.74) is 3.05.